The fourth-order valence-corrected chi connectivity index (χ4v) is 2.57. The Kier molecular flexibility index (Phi) is 4.46. The van der Waals surface area contributed by atoms with Gasteiger partial charge in [0, 0.05) is 18.7 Å². The monoisotopic (exact) mass is 298 g/mol. The van der Waals surface area contributed by atoms with E-state index < -0.39 is 17.5 Å². The Hall–Kier alpha value is -1.69. The number of hydrogen-bond acceptors (Lipinski definition) is 3. The number of rotatable bonds is 4. The average Bonchev–Trinajstić information content (AvgIpc) is 2.41. The molecule has 1 amide bonds. The first-order valence-electron chi connectivity index (χ1n) is 7.04. The summed E-state index contributed by atoms with van der Waals surface area (Å²) in [6, 6.07) is 1.82. The number of carbonyl (C=O) groups excluding carboxylic acids is 1. The van der Waals surface area contributed by atoms with E-state index in [4.69, 9.17) is 10.5 Å². The first-order chi connectivity index (χ1) is 9.84. The molecule has 0 saturated carbocycles. The van der Waals surface area contributed by atoms with Gasteiger partial charge >= 0.3 is 0 Å². The molecule has 1 aromatic rings. The molecule has 1 aliphatic heterocycles. The van der Waals surface area contributed by atoms with Gasteiger partial charge < -0.3 is 15.8 Å². The van der Waals surface area contributed by atoms with Crippen LogP contribution >= 0.6 is 0 Å². The zero-order chi connectivity index (χ0) is 15.6. The van der Waals surface area contributed by atoms with Crippen molar-refractivity contribution in [1.29, 1.82) is 0 Å². The highest BCUT2D eigenvalue weighted by Crippen LogP contribution is 2.30. The van der Waals surface area contributed by atoms with Gasteiger partial charge in [-0.1, -0.05) is 6.92 Å². The van der Waals surface area contributed by atoms with Gasteiger partial charge in [0.15, 0.2) is 0 Å². The van der Waals surface area contributed by atoms with Gasteiger partial charge in [-0.05, 0) is 32.3 Å². The normalized spacial score (nSPS) is 25.6. The fourth-order valence-electron chi connectivity index (χ4n) is 2.57. The zero-order valence-corrected chi connectivity index (χ0v) is 12.2. The molecule has 0 spiro atoms. The maximum Gasteiger partial charge on any atom is 0.251 e. The van der Waals surface area contributed by atoms with Crippen LogP contribution in [0.15, 0.2) is 12.1 Å². The van der Waals surface area contributed by atoms with Gasteiger partial charge in [-0.3, -0.25) is 4.79 Å². The number of halogens is 2. The molecule has 0 radical (unpaired) electrons. The SMILES string of the molecule is CCC1(C)CC(Nc2cc(C(N)=O)c(F)cc2F)CCO1. The second-order valence-electron chi connectivity index (χ2n) is 5.66. The molecule has 116 valence electrons. The van der Waals surface area contributed by atoms with E-state index in [-0.39, 0.29) is 22.9 Å². The molecule has 1 fully saturated rings. The first kappa shape index (κ1) is 15.7. The molecular formula is C15H20F2N2O2. The van der Waals surface area contributed by atoms with Gasteiger partial charge in [0.2, 0.25) is 0 Å². The van der Waals surface area contributed by atoms with Crippen LogP contribution in [0.1, 0.15) is 43.5 Å². The molecule has 1 aliphatic rings. The third-order valence-corrected chi connectivity index (χ3v) is 4.02. The van der Waals surface area contributed by atoms with Crippen molar-refractivity contribution in [3.05, 3.63) is 29.3 Å². The number of ether oxygens (including phenoxy) is 1. The quantitative estimate of drug-likeness (QED) is 0.898. The molecule has 1 aromatic carbocycles. The largest absolute Gasteiger partial charge is 0.380 e. The Bertz CT molecular complexity index is 551. The van der Waals surface area contributed by atoms with Crippen LogP contribution in [0, 0.1) is 11.6 Å². The number of carbonyl (C=O) groups is 1. The molecule has 1 saturated heterocycles. The summed E-state index contributed by atoms with van der Waals surface area (Å²) in [5.41, 5.74) is 4.61. The Labute approximate surface area is 122 Å². The van der Waals surface area contributed by atoms with Gasteiger partial charge in [-0.2, -0.15) is 0 Å². The Morgan fingerprint density at radius 1 is 1.48 bits per heavy atom. The number of hydrogen-bond donors (Lipinski definition) is 2. The van der Waals surface area contributed by atoms with Crippen molar-refractivity contribution in [3.8, 4) is 0 Å². The predicted molar refractivity (Wildman–Crippen MR) is 76.2 cm³/mol. The van der Waals surface area contributed by atoms with Crippen LogP contribution in [0.4, 0.5) is 14.5 Å². The molecule has 0 bridgehead atoms. The summed E-state index contributed by atoms with van der Waals surface area (Å²) in [6.07, 6.45) is 2.29. The van der Waals surface area contributed by atoms with Crippen molar-refractivity contribution < 1.29 is 18.3 Å². The molecule has 6 heteroatoms. The molecule has 3 N–H and O–H groups in total. The maximum absolute atomic E-state index is 13.8. The van der Waals surface area contributed by atoms with Crippen LogP contribution in [0.25, 0.3) is 0 Å². The van der Waals surface area contributed by atoms with Crippen LogP contribution in [-0.2, 0) is 4.74 Å². The smallest absolute Gasteiger partial charge is 0.251 e. The number of anilines is 1. The van der Waals surface area contributed by atoms with E-state index in [1.165, 1.54) is 0 Å². The molecule has 4 nitrogen and oxygen atoms in total. The highest BCUT2D eigenvalue weighted by molar-refractivity contribution is 5.94. The van der Waals surface area contributed by atoms with E-state index >= 15 is 0 Å². The van der Waals surface area contributed by atoms with Gasteiger partial charge in [0.1, 0.15) is 11.6 Å². The van der Waals surface area contributed by atoms with E-state index in [0.29, 0.717) is 19.1 Å². The van der Waals surface area contributed by atoms with E-state index in [0.717, 1.165) is 18.9 Å². The van der Waals surface area contributed by atoms with Crippen LogP contribution in [-0.4, -0.2) is 24.2 Å². The van der Waals surface area contributed by atoms with Crippen LogP contribution in [0.3, 0.4) is 0 Å². The fraction of sp³-hybridized carbons (Fsp3) is 0.533. The lowest BCUT2D eigenvalue weighted by atomic mass is 9.89. The van der Waals surface area contributed by atoms with Gasteiger partial charge in [-0.25, -0.2) is 8.78 Å². The molecule has 2 rings (SSSR count). The number of nitrogens with one attached hydrogen (secondary N) is 1. The van der Waals surface area contributed by atoms with E-state index in [1.54, 1.807) is 0 Å². The minimum Gasteiger partial charge on any atom is -0.380 e. The highest BCUT2D eigenvalue weighted by Gasteiger charge is 2.32. The van der Waals surface area contributed by atoms with Crippen molar-refractivity contribution >= 4 is 11.6 Å². The summed E-state index contributed by atoms with van der Waals surface area (Å²) in [4.78, 5) is 11.1. The lowest BCUT2D eigenvalue weighted by molar-refractivity contribution is -0.0709. The minimum absolute atomic E-state index is 0.00406. The van der Waals surface area contributed by atoms with Crippen LogP contribution in [0.2, 0.25) is 0 Å². The molecule has 0 aliphatic carbocycles. The Morgan fingerprint density at radius 3 is 2.81 bits per heavy atom. The summed E-state index contributed by atoms with van der Waals surface area (Å²) in [5.74, 6) is -2.60. The van der Waals surface area contributed by atoms with Gasteiger partial charge in [-0.15, -0.1) is 0 Å². The Balaban J connectivity index is 2.19. The second kappa shape index (κ2) is 5.97. The zero-order valence-electron chi connectivity index (χ0n) is 12.2. The topological polar surface area (TPSA) is 64.3 Å². The lowest BCUT2D eigenvalue weighted by Crippen LogP contribution is -2.42. The summed E-state index contributed by atoms with van der Waals surface area (Å²) < 4.78 is 33.0. The van der Waals surface area contributed by atoms with Gasteiger partial charge in [0.05, 0.1) is 16.9 Å². The number of nitrogens with two attached hydrogens (primary N) is 1. The average molecular weight is 298 g/mol. The first-order valence-corrected chi connectivity index (χ1v) is 7.04. The maximum atomic E-state index is 13.8. The molecule has 2 atom stereocenters. The lowest BCUT2D eigenvalue weighted by Gasteiger charge is -2.38. The number of benzene rings is 1. The second-order valence-corrected chi connectivity index (χ2v) is 5.66. The van der Waals surface area contributed by atoms with Crippen molar-refractivity contribution in [2.45, 2.75) is 44.8 Å². The molecule has 1 heterocycles. The van der Waals surface area contributed by atoms with Crippen molar-refractivity contribution in [1.82, 2.24) is 0 Å². The molecule has 21 heavy (non-hydrogen) atoms. The molecule has 2 unspecified atom stereocenters. The van der Waals surface area contributed by atoms with Gasteiger partial charge in [0.25, 0.3) is 5.91 Å². The number of primary amides is 1. The highest BCUT2D eigenvalue weighted by atomic mass is 19.1. The summed E-state index contributed by atoms with van der Waals surface area (Å²) in [5, 5.41) is 3.03. The van der Waals surface area contributed by atoms with E-state index in [2.05, 4.69) is 5.32 Å². The van der Waals surface area contributed by atoms with Crippen molar-refractivity contribution in [3.63, 3.8) is 0 Å². The predicted octanol–water partition coefficient (Wildman–Crippen LogP) is 2.82. The summed E-state index contributed by atoms with van der Waals surface area (Å²) in [7, 11) is 0. The summed E-state index contributed by atoms with van der Waals surface area (Å²) >= 11 is 0. The van der Waals surface area contributed by atoms with E-state index in [9.17, 15) is 13.6 Å². The van der Waals surface area contributed by atoms with Crippen LogP contribution in [0.5, 0.6) is 0 Å². The van der Waals surface area contributed by atoms with E-state index in [1.807, 2.05) is 13.8 Å². The summed E-state index contributed by atoms with van der Waals surface area (Å²) in [6.45, 7) is 4.62. The standard InChI is InChI=1S/C15H20F2N2O2/c1-3-15(2)8-9(4-5-21-15)19-13-6-10(14(18)20)11(16)7-12(13)17/h6-7,9,19H,3-5,8H2,1-2H3,(H2,18,20). The third kappa shape index (κ3) is 3.50. The third-order valence-electron chi connectivity index (χ3n) is 4.02. The van der Waals surface area contributed by atoms with Crippen LogP contribution < -0.4 is 11.1 Å². The molecule has 0 aromatic heterocycles. The Morgan fingerprint density at radius 2 is 2.19 bits per heavy atom. The number of amides is 1. The van der Waals surface area contributed by atoms with Crippen molar-refractivity contribution in [2.24, 2.45) is 5.73 Å². The van der Waals surface area contributed by atoms with Crippen molar-refractivity contribution in [2.75, 3.05) is 11.9 Å². The minimum atomic E-state index is -0.948. The molecular weight excluding hydrogens is 278 g/mol.